The highest BCUT2D eigenvalue weighted by Gasteiger charge is 2.37. The second-order valence-electron chi connectivity index (χ2n) is 4.66. The number of hydrogen-bond acceptors (Lipinski definition) is 4. The standard InChI is InChI=1S/C11H21NO4/c1-8-7-16-9(6-13)5-12(8)10(14)11(2,3)15-4/h8-9,13H,5-7H2,1-4H3. The lowest BCUT2D eigenvalue weighted by molar-refractivity contribution is -0.164. The van der Waals surface area contributed by atoms with Crippen LogP contribution in [0.1, 0.15) is 20.8 Å². The molecule has 1 rings (SSSR count). The van der Waals surface area contributed by atoms with Crippen molar-refractivity contribution in [1.29, 1.82) is 0 Å². The summed E-state index contributed by atoms with van der Waals surface area (Å²) in [5.74, 6) is -0.0655. The quantitative estimate of drug-likeness (QED) is 0.744. The number of amides is 1. The van der Waals surface area contributed by atoms with Gasteiger partial charge < -0.3 is 19.5 Å². The fourth-order valence-corrected chi connectivity index (χ4v) is 1.64. The summed E-state index contributed by atoms with van der Waals surface area (Å²) in [4.78, 5) is 13.9. The van der Waals surface area contributed by atoms with E-state index in [4.69, 9.17) is 14.6 Å². The lowest BCUT2D eigenvalue weighted by atomic mass is 10.1. The summed E-state index contributed by atoms with van der Waals surface area (Å²) in [5, 5.41) is 9.04. The molecule has 1 fully saturated rings. The molecule has 0 saturated carbocycles. The van der Waals surface area contributed by atoms with Gasteiger partial charge in [0.2, 0.25) is 0 Å². The van der Waals surface area contributed by atoms with Crippen LogP contribution in [0, 0.1) is 0 Å². The maximum atomic E-state index is 12.2. The van der Waals surface area contributed by atoms with Gasteiger partial charge in [0.05, 0.1) is 25.4 Å². The molecular formula is C11H21NO4. The summed E-state index contributed by atoms with van der Waals surface area (Å²) in [6.07, 6.45) is -0.284. The van der Waals surface area contributed by atoms with E-state index >= 15 is 0 Å². The smallest absolute Gasteiger partial charge is 0.254 e. The molecule has 1 aliphatic rings. The normalized spacial score (nSPS) is 26.9. The second-order valence-corrected chi connectivity index (χ2v) is 4.66. The number of methoxy groups -OCH3 is 1. The van der Waals surface area contributed by atoms with Crippen LogP contribution in [0.5, 0.6) is 0 Å². The summed E-state index contributed by atoms with van der Waals surface area (Å²) in [6, 6.07) is 0.0183. The number of carbonyl (C=O) groups excluding carboxylic acids is 1. The average molecular weight is 231 g/mol. The topological polar surface area (TPSA) is 59.0 Å². The van der Waals surface area contributed by atoms with E-state index in [1.807, 2.05) is 6.92 Å². The van der Waals surface area contributed by atoms with E-state index in [1.54, 1.807) is 18.7 Å². The largest absolute Gasteiger partial charge is 0.394 e. The van der Waals surface area contributed by atoms with E-state index in [0.717, 1.165) is 0 Å². The van der Waals surface area contributed by atoms with Crippen molar-refractivity contribution in [2.45, 2.75) is 38.5 Å². The molecule has 2 atom stereocenters. The van der Waals surface area contributed by atoms with Crippen molar-refractivity contribution in [1.82, 2.24) is 4.90 Å². The van der Waals surface area contributed by atoms with Gasteiger partial charge in [0, 0.05) is 13.7 Å². The fraction of sp³-hybridized carbons (Fsp3) is 0.909. The van der Waals surface area contributed by atoms with Crippen molar-refractivity contribution in [3.05, 3.63) is 0 Å². The van der Waals surface area contributed by atoms with Gasteiger partial charge >= 0.3 is 0 Å². The number of rotatable bonds is 3. The highest BCUT2D eigenvalue weighted by molar-refractivity contribution is 5.84. The van der Waals surface area contributed by atoms with Crippen molar-refractivity contribution < 1.29 is 19.4 Å². The fourth-order valence-electron chi connectivity index (χ4n) is 1.64. The Kier molecular flexibility index (Phi) is 4.29. The van der Waals surface area contributed by atoms with Gasteiger partial charge in [0.1, 0.15) is 5.60 Å². The van der Waals surface area contributed by atoms with E-state index in [9.17, 15) is 4.79 Å². The Labute approximate surface area is 96.3 Å². The zero-order valence-electron chi connectivity index (χ0n) is 10.4. The van der Waals surface area contributed by atoms with Gasteiger partial charge in [-0.3, -0.25) is 4.79 Å². The third-order valence-electron chi connectivity index (χ3n) is 3.00. The minimum atomic E-state index is -0.828. The van der Waals surface area contributed by atoms with E-state index in [0.29, 0.717) is 13.2 Å². The monoisotopic (exact) mass is 231 g/mol. The zero-order valence-corrected chi connectivity index (χ0v) is 10.4. The molecule has 94 valence electrons. The maximum Gasteiger partial charge on any atom is 0.254 e. The molecule has 1 heterocycles. The van der Waals surface area contributed by atoms with Gasteiger partial charge in [-0.1, -0.05) is 0 Å². The number of morpholine rings is 1. The van der Waals surface area contributed by atoms with Crippen LogP contribution in [-0.2, 0) is 14.3 Å². The Morgan fingerprint density at radius 1 is 1.62 bits per heavy atom. The molecule has 0 aromatic rings. The van der Waals surface area contributed by atoms with Crippen LogP contribution in [0.15, 0.2) is 0 Å². The summed E-state index contributed by atoms with van der Waals surface area (Å²) in [6.45, 7) is 6.22. The first-order chi connectivity index (χ1) is 7.42. The first kappa shape index (κ1) is 13.4. The molecule has 0 aromatic heterocycles. The molecule has 1 N–H and O–H groups in total. The highest BCUT2D eigenvalue weighted by Crippen LogP contribution is 2.19. The molecule has 16 heavy (non-hydrogen) atoms. The van der Waals surface area contributed by atoms with Crippen LogP contribution in [0.25, 0.3) is 0 Å². The lowest BCUT2D eigenvalue weighted by Gasteiger charge is -2.40. The minimum absolute atomic E-state index is 0.0183. The molecule has 1 amide bonds. The first-order valence-corrected chi connectivity index (χ1v) is 5.51. The molecule has 0 spiro atoms. The average Bonchev–Trinajstić information content (AvgIpc) is 2.29. The van der Waals surface area contributed by atoms with E-state index < -0.39 is 5.60 Å². The Balaban J connectivity index is 2.73. The maximum absolute atomic E-state index is 12.2. The molecule has 0 aromatic carbocycles. The Morgan fingerprint density at radius 2 is 2.25 bits per heavy atom. The molecule has 2 unspecified atom stereocenters. The van der Waals surface area contributed by atoms with Crippen LogP contribution >= 0.6 is 0 Å². The predicted molar refractivity (Wildman–Crippen MR) is 59.1 cm³/mol. The van der Waals surface area contributed by atoms with E-state index in [1.165, 1.54) is 7.11 Å². The van der Waals surface area contributed by atoms with Crippen molar-refractivity contribution in [3.8, 4) is 0 Å². The number of aliphatic hydroxyl groups excluding tert-OH is 1. The van der Waals surface area contributed by atoms with E-state index in [2.05, 4.69) is 0 Å². The molecule has 5 nitrogen and oxygen atoms in total. The van der Waals surface area contributed by atoms with Crippen LogP contribution < -0.4 is 0 Å². The lowest BCUT2D eigenvalue weighted by Crippen LogP contribution is -2.57. The molecule has 5 heteroatoms. The Hall–Kier alpha value is -0.650. The minimum Gasteiger partial charge on any atom is -0.394 e. The van der Waals surface area contributed by atoms with Crippen molar-refractivity contribution >= 4 is 5.91 Å². The van der Waals surface area contributed by atoms with Gasteiger partial charge in [-0.2, -0.15) is 0 Å². The predicted octanol–water partition coefficient (Wildman–Crippen LogP) is 0.0196. The molecule has 0 aliphatic carbocycles. The second kappa shape index (κ2) is 5.12. The van der Waals surface area contributed by atoms with Crippen LogP contribution in [0.2, 0.25) is 0 Å². The van der Waals surface area contributed by atoms with Gasteiger partial charge in [-0.25, -0.2) is 0 Å². The molecular weight excluding hydrogens is 210 g/mol. The molecule has 0 bridgehead atoms. The van der Waals surface area contributed by atoms with Crippen molar-refractivity contribution in [2.75, 3.05) is 26.9 Å². The summed E-state index contributed by atoms with van der Waals surface area (Å²) in [7, 11) is 1.52. The first-order valence-electron chi connectivity index (χ1n) is 5.51. The van der Waals surface area contributed by atoms with Crippen LogP contribution in [-0.4, -0.2) is 60.5 Å². The Bertz CT molecular complexity index is 254. The Morgan fingerprint density at radius 3 is 2.75 bits per heavy atom. The molecule has 1 aliphatic heterocycles. The zero-order chi connectivity index (χ0) is 12.3. The molecule has 0 radical (unpaired) electrons. The highest BCUT2D eigenvalue weighted by atomic mass is 16.5. The summed E-state index contributed by atoms with van der Waals surface area (Å²) in [5.41, 5.74) is -0.828. The third kappa shape index (κ3) is 2.72. The SMILES string of the molecule is COC(C)(C)C(=O)N1CC(CO)OCC1C. The molecule has 1 saturated heterocycles. The van der Waals surface area contributed by atoms with Crippen molar-refractivity contribution in [3.63, 3.8) is 0 Å². The number of nitrogens with zero attached hydrogens (tertiary/aromatic N) is 1. The number of ether oxygens (including phenoxy) is 2. The van der Waals surface area contributed by atoms with Crippen LogP contribution in [0.4, 0.5) is 0 Å². The summed E-state index contributed by atoms with van der Waals surface area (Å²) < 4.78 is 10.6. The summed E-state index contributed by atoms with van der Waals surface area (Å²) >= 11 is 0. The van der Waals surface area contributed by atoms with Crippen molar-refractivity contribution in [2.24, 2.45) is 0 Å². The number of carbonyl (C=O) groups is 1. The van der Waals surface area contributed by atoms with Gasteiger partial charge in [-0.05, 0) is 20.8 Å². The van der Waals surface area contributed by atoms with Gasteiger partial charge in [-0.15, -0.1) is 0 Å². The van der Waals surface area contributed by atoms with Gasteiger partial charge in [0.25, 0.3) is 5.91 Å². The number of hydrogen-bond donors (Lipinski definition) is 1. The van der Waals surface area contributed by atoms with Gasteiger partial charge in [0.15, 0.2) is 0 Å². The third-order valence-corrected chi connectivity index (χ3v) is 3.00. The van der Waals surface area contributed by atoms with Crippen LogP contribution in [0.3, 0.4) is 0 Å². The van der Waals surface area contributed by atoms with E-state index in [-0.39, 0.29) is 24.7 Å². The number of aliphatic hydroxyl groups is 1.